The Bertz CT molecular complexity index is 944. The first-order chi connectivity index (χ1) is 10.8. The van der Waals surface area contributed by atoms with Crippen LogP contribution < -0.4 is 4.65 Å². The Morgan fingerprint density at radius 1 is 0.773 bits per heavy atom. The molecule has 105 valence electrons. The second-order valence-electron chi connectivity index (χ2n) is 5.06. The van der Waals surface area contributed by atoms with Crippen molar-refractivity contribution in [1.29, 1.82) is 0 Å². The van der Waals surface area contributed by atoms with E-state index in [1.165, 1.54) is 25.7 Å². The number of hydrogen-bond donors (Lipinski definition) is 1. The van der Waals surface area contributed by atoms with Gasteiger partial charge in [0, 0.05) is 20.2 Å². The Kier molecular flexibility index (Phi) is 3.33. The van der Waals surface area contributed by atoms with Crippen LogP contribution in [0.4, 0.5) is 0 Å². The SMILES string of the molecule is O[B]Oc1ccc(-c2ccc3sc4ccccc4c3c2)cc1. The first kappa shape index (κ1) is 13.4. The summed E-state index contributed by atoms with van der Waals surface area (Å²) < 4.78 is 7.57. The van der Waals surface area contributed by atoms with Crippen molar-refractivity contribution >= 4 is 39.2 Å². The third-order valence-corrected chi connectivity index (χ3v) is 4.90. The lowest BCUT2D eigenvalue weighted by Crippen LogP contribution is -1.99. The van der Waals surface area contributed by atoms with Gasteiger partial charge in [0.2, 0.25) is 0 Å². The average molecular weight is 303 g/mol. The standard InChI is InChI=1S/C18H12BO2S/c20-19-21-14-8-5-12(6-9-14)13-7-10-18-16(11-13)15-3-1-2-4-17(15)22-18/h1-11,20H. The van der Waals surface area contributed by atoms with Crippen LogP contribution in [0.2, 0.25) is 0 Å². The second kappa shape index (κ2) is 5.48. The zero-order valence-corrected chi connectivity index (χ0v) is 12.5. The number of benzene rings is 3. The first-order valence-electron chi connectivity index (χ1n) is 6.99. The zero-order valence-electron chi connectivity index (χ0n) is 11.7. The lowest BCUT2D eigenvalue weighted by molar-refractivity contribution is 0.454. The summed E-state index contributed by atoms with van der Waals surface area (Å²) in [6.07, 6.45) is 0. The molecule has 2 nitrogen and oxygen atoms in total. The Hall–Kier alpha value is -2.30. The highest BCUT2D eigenvalue weighted by atomic mass is 32.1. The van der Waals surface area contributed by atoms with Crippen molar-refractivity contribution in [1.82, 2.24) is 0 Å². The molecular formula is C18H12BO2S. The van der Waals surface area contributed by atoms with E-state index in [2.05, 4.69) is 42.5 Å². The second-order valence-corrected chi connectivity index (χ2v) is 6.14. The molecule has 0 unspecified atom stereocenters. The van der Waals surface area contributed by atoms with Crippen LogP contribution in [0.3, 0.4) is 0 Å². The summed E-state index contributed by atoms with van der Waals surface area (Å²) >= 11 is 1.82. The van der Waals surface area contributed by atoms with Gasteiger partial charge in [-0.3, -0.25) is 0 Å². The summed E-state index contributed by atoms with van der Waals surface area (Å²) in [5.41, 5.74) is 2.30. The van der Waals surface area contributed by atoms with Crippen LogP contribution in [-0.2, 0) is 0 Å². The zero-order chi connectivity index (χ0) is 14.9. The average Bonchev–Trinajstić information content (AvgIpc) is 2.94. The van der Waals surface area contributed by atoms with Crippen molar-refractivity contribution in [2.75, 3.05) is 0 Å². The van der Waals surface area contributed by atoms with Crippen molar-refractivity contribution in [3.63, 3.8) is 0 Å². The van der Waals surface area contributed by atoms with Crippen molar-refractivity contribution in [3.05, 3.63) is 66.7 Å². The van der Waals surface area contributed by atoms with E-state index in [1.807, 2.05) is 35.6 Å². The van der Waals surface area contributed by atoms with Gasteiger partial charge in [-0.1, -0.05) is 36.4 Å². The molecule has 0 aliphatic heterocycles. The number of fused-ring (bicyclic) bond motifs is 3. The van der Waals surface area contributed by atoms with Gasteiger partial charge in [-0.05, 0) is 41.5 Å². The molecule has 1 aromatic heterocycles. The van der Waals surface area contributed by atoms with E-state index < -0.39 is 0 Å². The summed E-state index contributed by atoms with van der Waals surface area (Å²) in [5.74, 6) is 0.619. The summed E-state index contributed by atoms with van der Waals surface area (Å²) in [4.78, 5) is 0. The van der Waals surface area contributed by atoms with Gasteiger partial charge in [0.25, 0.3) is 0 Å². The van der Waals surface area contributed by atoms with Crippen LogP contribution in [0.5, 0.6) is 5.75 Å². The summed E-state index contributed by atoms with van der Waals surface area (Å²) in [6.45, 7) is 0. The maximum absolute atomic E-state index is 8.66. The van der Waals surface area contributed by atoms with Crippen LogP contribution in [0, 0.1) is 0 Å². The van der Waals surface area contributed by atoms with Crippen molar-refractivity contribution in [2.24, 2.45) is 0 Å². The Labute approximate surface area is 132 Å². The van der Waals surface area contributed by atoms with Crippen LogP contribution in [0.15, 0.2) is 66.7 Å². The van der Waals surface area contributed by atoms with E-state index in [4.69, 9.17) is 9.68 Å². The summed E-state index contributed by atoms with van der Waals surface area (Å²) in [5, 5.41) is 11.3. The largest absolute Gasteiger partial charge is 0.569 e. The van der Waals surface area contributed by atoms with Gasteiger partial charge in [-0.15, -0.1) is 11.3 Å². The van der Waals surface area contributed by atoms with E-state index in [9.17, 15) is 0 Å². The van der Waals surface area contributed by atoms with Crippen LogP contribution >= 0.6 is 11.3 Å². The number of rotatable bonds is 3. The lowest BCUT2D eigenvalue weighted by Gasteiger charge is -2.05. The molecule has 4 rings (SSSR count). The molecule has 0 saturated carbocycles. The van der Waals surface area contributed by atoms with E-state index in [-0.39, 0.29) is 0 Å². The molecule has 4 aromatic rings. The molecule has 0 saturated heterocycles. The predicted octanol–water partition coefficient (Wildman–Crippen LogP) is 4.63. The Morgan fingerprint density at radius 3 is 2.32 bits per heavy atom. The minimum absolute atomic E-state index is 0.619. The number of hydrogen-bond acceptors (Lipinski definition) is 3. The van der Waals surface area contributed by atoms with E-state index in [1.54, 1.807) is 0 Å². The smallest absolute Gasteiger partial charge is 0.537 e. The minimum Gasteiger partial charge on any atom is -0.537 e. The highest BCUT2D eigenvalue weighted by Gasteiger charge is 2.06. The van der Waals surface area contributed by atoms with Gasteiger partial charge >= 0.3 is 7.69 Å². The van der Waals surface area contributed by atoms with Gasteiger partial charge in [0.05, 0.1) is 0 Å². The van der Waals surface area contributed by atoms with Gasteiger partial charge in [-0.25, -0.2) is 0 Å². The summed E-state index contributed by atoms with van der Waals surface area (Å²) in [7, 11) is 0.693. The van der Waals surface area contributed by atoms with Crippen LogP contribution in [0.25, 0.3) is 31.3 Å². The fourth-order valence-electron chi connectivity index (χ4n) is 2.69. The lowest BCUT2D eigenvalue weighted by atomic mass is 10.0. The molecule has 0 bridgehead atoms. The van der Waals surface area contributed by atoms with Gasteiger partial charge in [-0.2, -0.15) is 0 Å². The van der Waals surface area contributed by atoms with Gasteiger partial charge < -0.3 is 9.68 Å². The molecular weight excluding hydrogens is 291 g/mol. The molecule has 22 heavy (non-hydrogen) atoms. The van der Waals surface area contributed by atoms with Crippen LogP contribution in [-0.4, -0.2) is 12.7 Å². The predicted molar refractivity (Wildman–Crippen MR) is 93.4 cm³/mol. The van der Waals surface area contributed by atoms with Gasteiger partial charge in [0.15, 0.2) is 0 Å². The molecule has 0 aliphatic rings. The maximum atomic E-state index is 8.66. The van der Waals surface area contributed by atoms with E-state index >= 15 is 0 Å². The van der Waals surface area contributed by atoms with Gasteiger partial charge in [0.1, 0.15) is 5.75 Å². The minimum atomic E-state index is 0.619. The maximum Gasteiger partial charge on any atom is 0.569 e. The quantitative estimate of drug-likeness (QED) is 0.559. The highest BCUT2D eigenvalue weighted by Crippen LogP contribution is 2.36. The Morgan fingerprint density at radius 2 is 1.50 bits per heavy atom. The van der Waals surface area contributed by atoms with E-state index in [0.717, 1.165) is 5.56 Å². The molecule has 1 heterocycles. The molecule has 0 spiro atoms. The van der Waals surface area contributed by atoms with Crippen molar-refractivity contribution < 1.29 is 9.68 Å². The Balaban J connectivity index is 1.83. The van der Waals surface area contributed by atoms with Crippen molar-refractivity contribution in [2.45, 2.75) is 0 Å². The van der Waals surface area contributed by atoms with Crippen LogP contribution in [0.1, 0.15) is 0 Å². The third-order valence-electron chi connectivity index (χ3n) is 3.75. The topological polar surface area (TPSA) is 29.5 Å². The molecule has 0 amide bonds. The molecule has 1 radical (unpaired) electrons. The fourth-order valence-corrected chi connectivity index (χ4v) is 3.78. The molecule has 3 aromatic carbocycles. The third kappa shape index (κ3) is 2.26. The monoisotopic (exact) mass is 303 g/mol. The fraction of sp³-hybridized carbons (Fsp3) is 0. The molecule has 0 fully saturated rings. The summed E-state index contributed by atoms with van der Waals surface area (Å²) in [6, 6.07) is 22.7. The molecule has 0 atom stereocenters. The number of thiophene rings is 1. The van der Waals surface area contributed by atoms with E-state index in [0.29, 0.717) is 13.4 Å². The molecule has 0 aliphatic carbocycles. The highest BCUT2D eigenvalue weighted by molar-refractivity contribution is 7.25. The molecule has 1 N–H and O–H groups in total. The molecule has 4 heteroatoms. The first-order valence-corrected chi connectivity index (χ1v) is 7.81. The van der Waals surface area contributed by atoms with Crippen molar-refractivity contribution in [3.8, 4) is 16.9 Å². The normalized spacial score (nSPS) is 11.0.